The first kappa shape index (κ1) is 25.4. The standard InChI is InChI=1S/C24H18Cl2N4O5S/c1-11-15(25)5-4-6-16(11)30-21(32)17(26)18(22(30)33)28-14-9-7-13(8-10-14)20(31)29-24-27-12(2)19(36-24)23(34)35-3/h4-10,28H,1-3H3,(H,27,29,31). The van der Waals surface area contributed by atoms with Crippen molar-refractivity contribution >= 4 is 74.7 Å². The predicted molar refractivity (Wildman–Crippen MR) is 138 cm³/mol. The van der Waals surface area contributed by atoms with E-state index in [4.69, 9.17) is 27.9 Å². The van der Waals surface area contributed by atoms with Gasteiger partial charge in [-0.2, -0.15) is 0 Å². The minimum atomic E-state index is -0.671. The maximum Gasteiger partial charge on any atom is 0.350 e. The van der Waals surface area contributed by atoms with Crippen LogP contribution in [0.5, 0.6) is 0 Å². The van der Waals surface area contributed by atoms with Crippen molar-refractivity contribution in [2.24, 2.45) is 0 Å². The van der Waals surface area contributed by atoms with E-state index >= 15 is 0 Å². The van der Waals surface area contributed by atoms with Gasteiger partial charge in [-0.1, -0.05) is 40.6 Å². The average molecular weight is 545 g/mol. The largest absolute Gasteiger partial charge is 0.465 e. The number of esters is 1. The second-order valence-electron chi connectivity index (χ2n) is 7.60. The van der Waals surface area contributed by atoms with Crippen LogP contribution in [0.3, 0.4) is 0 Å². The van der Waals surface area contributed by atoms with Crippen molar-refractivity contribution < 1.29 is 23.9 Å². The molecule has 1 aromatic heterocycles. The number of thiazole rings is 1. The normalized spacial score (nSPS) is 13.3. The predicted octanol–water partition coefficient (Wildman–Crippen LogP) is 4.89. The number of halogens is 2. The minimum Gasteiger partial charge on any atom is -0.465 e. The van der Waals surface area contributed by atoms with Gasteiger partial charge in [0.05, 0.1) is 18.5 Å². The number of aromatic nitrogens is 1. The molecule has 184 valence electrons. The van der Waals surface area contributed by atoms with Gasteiger partial charge >= 0.3 is 5.97 Å². The number of carbonyl (C=O) groups is 4. The molecule has 0 bridgehead atoms. The maximum absolute atomic E-state index is 13.0. The number of hydrogen-bond donors (Lipinski definition) is 2. The number of hydrogen-bond acceptors (Lipinski definition) is 8. The van der Waals surface area contributed by atoms with Crippen LogP contribution in [-0.2, 0) is 14.3 Å². The van der Waals surface area contributed by atoms with Gasteiger partial charge in [-0.15, -0.1) is 0 Å². The summed E-state index contributed by atoms with van der Waals surface area (Å²) in [6.07, 6.45) is 0. The van der Waals surface area contributed by atoms with Crippen LogP contribution in [0.2, 0.25) is 5.02 Å². The van der Waals surface area contributed by atoms with E-state index in [1.54, 1.807) is 44.2 Å². The van der Waals surface area contributed by atoms with Crippen LogP contribution in [0.25, 0.3) is 0 Å². The van der Waals surface area contributed by atoms with Gasteiger partial charge in [0.1, 0.15) is 15.6 Å². The Hall–Kier alpha value is -3.73. The molecule has 0 atom stereocenters. The van der Waals surface area contributed by atoms with Crippen molar-refractivity contribution in [2.75, 3.05) is 22.6 Å². The number of nitrogens with zero attached hydrogens (tertiary/aromatic N) is 2. The molecule has 0 radical (unpaired) electrons. The van der Waals surface area contributed by atoms with Crippen LogP contribution < -0.4 is 15.5 Å². The van der Waals surface area contributed by atoms with Crippen molar-refractivity contribution in [1.29, 1.82) is 0 Å². The molecular weight excluding hydrogens is 527 g/mol. The summed E-state index contributed by atoms with van der Waals surface area (Å²) in [5, 5.41) is 5.90. The first-order chi connectivity index (χ1) is 17.1. The Balaban J connectivity index is 1.48. The summed E-state index contributed by atoms with van der Waals surface area (Å²) in [5.41, 5.74) is 2.00. The van der Waals surface area contributed by atoms with E-state index in [0.29, 0.717) is 38.1 Å². The summed E-state index contributed by atoms with van der Waals surface area (Å²) in [7, 11) is 1.27. The highest BCUT2D eigenvalue weighted by Gasteiger charge is 2.39. The Morgan fingerprint density at radius 1 is 1.03 bits per heavy atom. The van der Waals surface area contributed by atoms with Crippen LogP contribution in [0.1, 0.15) is 31.3 Å². The Morgan fingerprint density at radius 3 is 2.39 bits per heavy atom. The SMILES string of the molecule is COC(=O)c1sc(NC(=O)c2ccc(NC3=C(Cl)C(=O)N(c4cccc(Cl)c4C)C3=O)cc2)nc1C. The van der Waals surface area contributed by atoms with Crippen LogP contribution in [0.4, 0.5) is 16.5 Å². The molecule has 0 aliphatic carbocycles. The van der Waals surface area contributed by atoms with Gasteiger partial charge in [0, 0.05) is 16.3 Å². The number of anilines is 3. The Morgan fingerprint density at radius 2 is 1.72 bits per heavy atom. The number of carbonyl (C=O) groups excluding carboxylic acids is 4. The number of benzene rings is 2. The maximum atomic E-state index is 13.0. The molecule has 0 saturated carbocycles. The summed E-state index contributed by atoms with van der Waals surface area (Å²) in [6.45, 7) is 3.34. The summed E-state index contributed by atoms with van der Waals surface area (Å²) in [4.78, 5) is 55.5. The second-order valence-corrected chi connectivity index (χ2v) is 9.38. The number of rotatable bonds is 6. The van der Waals surface area contributed by atoms with Crippen LogP contribution >= 0.6 is 34.5 Å². The van der Waals surface area contributed by atoms with Crippen molar-refractivity contribution in [3.05, 3.63) is 79.9 Å². The molecule has 2 heterocycles. The smallest absolute Gasteiger partial charge is 0.350 e. The van der Waals surface area contributed by atoms with E-state index in [0.717, 1.165) is 16.2 Å². The third-order valence-electron chi connectivity index (χ3n) is 5.31. The van der Waals surface area contributed by atoms with Crippen LogP contribution in [0, 0.1) is 13.8 Å². The molecule has 12 heteroatoms. The van der Waals surface area contributed by atoms with Crippen molar-refractivity contribution in [3.8, 4) is 0 Å². The highest BCUT2D eigenvalue weighted by molar-refractivity contribution is 7.17. The van der Waals surface area contributed by atoms with Crippen molar-refractivity contribution in [3.63, 3.8) is 0 Å². The molecule has 3 amide bonds. The van der Waals surface area contributed by atoms with E-state index < -0.39 is 23.7 Å². The first-order valence-corrected chi connectivity index (χ1v) is 12.0. The Kier molecular flexibility index (Phi) is 7.11. The third-order valence-corrected chi connectivity index (χ3v) is 7.12. The van der Waals surface area contributed by atoms with E-state index in [9.17, 15) is 19.2 Å². The number of methoxy groups -OCH3 is 1. The van der Waals surface area contributed by atoms with E-state index in [1.807, 2.05) is 0 Å². The lowest BCUT2D eigenvalue weighted by molar-refractivity contribution is -0.120. The van der Waals surface area contributed by atoms with Crippen LogP contribution in [-0.4, -0.2) is 35.8 Å². The zero-order valence-corrected chi connectivity index (χ0v) is 21.5. The molecular formula is C24H18Cl2N4O5S. The van der Waals surface area contributed by atoms with Gasteiger partial charge in [0.15, 0.2) is 5.13 Å². The van der Waals surface area contributed by atoms with E-state index in [1.165, 1.54) is 19.2 Å². The molecule has 2 aromatic carbocycles. The molecule has 0 unspecified atom stereocenters. The van der Waals surface area contributed by atoms with Gasteiger partial charge in [-0.25, -0.2) is 14.7 Å². The fourth-order valence-corrected chi connectivity index (χ4v) is 4.68. The van der Waals surface area contributed by atoms with Gasteiger partial charge in [-0.05, 0) is 55.8 Å². The topological polar surface area (TPSA) is 118 Å². The van der Waals surface area contributed by atoms with Gasteiger partial charge in [0.2, 0.25) is 0 Å². The number of amides is 3. The van der Waals surface area contributed by atoms with E-state index in [-0.39, 0.29) is 15.9 Å². The summed E-state index contributed by atoms with van der Waals surface area (Å²) >= 11 is 13.3. The quantitative estimate of drug-likeness (QED) is 0.335. The zero-order valence-electron chi connectivity index (χ0n) is 19.1. The van der Waals surface area contributed by atoms with Gasteiger partial charge in [0.25, 0.3) is 17.7 Å². The number of ether oxygens (including phenoxy) is 1. The molecule has 3 aromatic rings. The lowest BCUT2D eigenvalue weighted by atomic mass is 10.2. The molecule has 1 aliphatic rings. The summed E-state index contributed by atoms with van der Waals surface area (Å²) in [6, 6.07) is 11.1. The van der Waals surface area contributed by atoms with Crippen molar-refractivity contribution in [2.45, 2.75) is 13.8 Å². The summed E-state index contributed by atoms with van der Waals surface area (Å²) < 4.78 is 4.70. The molecule has 0 spiro atoms. The van der Waals surface area contributed by atoms with Gasteiger partial charge < -0.3 is 10.1 Å². The highest BCUT2D eigenvalue weighted by Crippen LogP contribution is 2.34. The van der Waals surface area contributed by atoms with Crippen molar-refractivity contribution in [1.82, 2.24) is 4.98 Å². The second kappa shape index (κ2) is 10.1. The van der Waals surface area contributed by atoms with Gasteiger partial charge in [-0.3, -0.25) is 19.7 Å². The Labute approximate surface area is 219 Å². The zero-order chi connectivity index (χ0) is 26.1. The molecule has 2 N–H and O–H groups in total. The van der Waals surface area contributed by atoms with Crippen LogP contribution in [0.15, 0.2) is 53.2 Å². The average Bonchev–Trinajstić information content (AvgIpc) is 3.32. The fraction of sp³-hybridized carbons (Fsp3) is 0.125. The molecule has 36 heavy (non-hydrogen) atoms. The minimum absolute atomic E-state index is 0.0909. The lowest BCUT2D eigenvalue weighted by Gasteiger charge is -2.18. The Bertz CT molecular complexity index is 1450. The molecule has 0 fully saturated rings. The fourth-order valence-electron chi connectivity index (χ4n) is 3.42. The number of aryl methyl sites for hydroxylation is 1. The molecule has 9 nitrogen and oxygen atoms in total. The number of nitrogens with one attached hydrogen (secondary N) is 2. The molecule has 4 rings (SSSR count). The molecule has 0 saturated heterocycles. The number of imide groups is 1. The van der Waals surface area contributed by atoms with E-state index in [2.05, 4.69) is 15.6 Å². The lowest BCUT2D eigenvalue weighted by Crippen LogP contribution is -2.32. The highest BCUT2D eigenvalue weighted by atomic mass is 35.5. The third kappa shape index (κ3) is 4.70. The monoisotopic (exact) mass is 544 g/mol. The summed E-state index contributed by atoms with van der Waals surface area (Å²) in [5.74, 6) is -2.27. The molecule has 1 aliphatic heterocycles. The first-order valence-electron chi connectivity index (χ1n) is 10.4.